The molecule has 0 spiro atoms. The van der Waals surface area contributed by atoms with Crippen LogP contribution in [-0.4, -0.2) is 45.6 Å². The van der Waals surface area contributed by atoms with E-state index in [1.807, 2.05) is 18.2 Å². The molecular weight excluding hydrogens is 508 g/mol. The summed E-state index contributed by atoms with van der Waals surface area (Å²) in [5, 5.41) is 8.12. The van der Waals surface area contributed by atoms with E-state index in [1.165, 1.54) is 13.2 Å². The van der Waals surface area contributed by atoms with Crippen LogP contribution in [0.15, 0.2) is 65.8 Å². The molecule has 0 radical (unpaired) electrons. The normalized spacial score (nSPS) is 13.2. The first-order chi connectivity index (χ1) is 18.4. The van der Waals surface area contributed by atoms with Gasteiger partial charge in [0.25, 0.3) is 11.5 Å². The van der Waals surface area contributed by atoms with Crippen molar-refractivity contribution in [2.45, 2.75) is 25.6 Å². The molecule has 11 heteroatoms. The summed E-state index contributed by atoms with van der Waals surface area (Å²) in [5.41, 5.74) is 2.98. The van der Waals surface area contributed by atoms with E-state index in [9.17, 15) is 14.0 Å². The lowest BCUT2D eigenvalue weighted by Crippen LogP contribution is -2.30. The van der Waals surface area contributed by atoms with Crippen molar-refractivity contribution >= 4 is 20.5 Å². The van der Waals surface area contributed by atoms with E-state index in [4.69, 9.17) is 9.47 Å². The van der Waals surface area contributed by atoms with Gasteiger partial charge in [-0.2, -0.15) is 5.10 Å². The summed E-state index contributed by atoms with van der Waals surface area (Å²) in [6.45, 7) is 1.77. The number of carbonyl (C=O) groups excluding carboxylic acids is 1. The minimum absolute atomic E-state index is 0.00000474. The first-order valence-electron chi connectivity index (χ1n) is 12.1. The van der Waals surface area contributed by atoms with Crippen molar-refractivity contribution in [3.63, 3.8) is 0 Å². The fourth-order valence-electron chi connectivity index (χ4n) is 4.20. The average Bonchev–Trinajstić information content (AvgIpc) is 3.28. The lowest BCUT2D eigenvalue weighted by Gasteiger charge is -2.25. The van der Waals surface area contributed by atoms with Gasteiger partial charge in [0.1, 0.15) is 0 Å². The molecule has 0 aliphatic carbocycles. The molecule has 0 saturated carbocycles. The molecule has 1 atom stereocenters. The molecule has 9 nitrogen and oxygen atoms in total. The predicted octanol–water partition coefficient (Wildman–Crippen LogP) is 2.23. The molecule has 1 aromatic carbocycles. The number of aromatic nitrogens is 4. The highest BCUT2D eigenvalue weighted by molar-refractivity contribution is 7.27. The minimum atomic E-state index is -0.504. The zero-order chi connectivity index (χ0) is 26.6. The fraction of sp³-hybridized carbons (Fsp3) is 0.259. The van der Waals surface area contributed by atoms with Crippen LogP contribution in [0.4, 0.5) is 4.39 Å². The second-order valence-electron chi connectivity index (χ2n) is 9.02. The van der Waals surface area contributed by atoms with Gasteiger partial charge in [0.2, 0.25) is 0 Å². The Balaban J connectivity index is 1.30. The van der Waals surface area contributed by atoms with Gasteiger partial charge in [-0.3, -0.25) is 19.3 Å². The van der Waals surface area contributed by atoms with Crippen LogP contribution in [-0.2, 0) is 24.4 Å². The van der Waals surface area contributed by atoms with Gasteiger partial charge in [-0.05, 0) is 29.1 Å². The lowest BCUT2D eigenvalue weighted by atomic mass is 10.00. The monoisotopic (exact) mass is 535 g/mol. The van der Waals surface area contributed by atoms with Gasteiger partial charge in [-0.15, -0.1) is 9.24 Å². The second kappa shape index (κ2) is 11.2. The molecule has 1 aliphatic heterocycles. The zero-order valence-electron chi connectivity index (χ0n) is 20.8. The van der Waals surface area contributed by atoms with E-state index in [1.54, 1.807) is 46.0 Å². The van der Waals surface area contributed by atoms with E-state index in [0.717, 1.165) is 11.3 Å². The van der Waals surface area contributed by atoms with Crippen molar-refractivity contribution in [2.75, 3.05) is 20.3 Å². The Morgan fingerprint density at radius 3 is 2.74 bits per heavy atom. The summed E-state index contributed by atoms with van der Waals surface area (Å²) in [6, 6.07) is 12.1. The molecule has 1 fully saturated rings. The highest BCUT2D eigenvalue weighted by Gasteiger charge is 2.29. The molecule has 4 aromatic rings. The van der Waals surface area contributed by atoms with Crippen LogP contribution < -0.4 is 20.9 Å². The number of carbonyl (C=O) groups is 1. The molecule has 4 heterocycles. The maximum atomic E-state index is 14.7. The highest BCUT2D eigenvalue weighted by Crippen LogP contribution is 2.26. The first kappa shape index (κ1) is 25.8. The van der Waals surface area contributed by atoms with Gasteiger partial charge in [-0.1, -0.05) is 18.2 Å². The number of hydrogen-bond acceptors (Lipinski definition) is 6. The Hall–Kier alpha value is -3.88. The molecule has 0 bridgehead atoms. The Bertz CT molecular complexity index is 1510. The summed E-state index contributed by atoms with van der Waals surface area (Å²) in [6.07, 6.45) is 5.16. The zero-order valence-corrected chi connectivity index (χ0v) is 21.9. The predicted molar refractivity (Wildman–Crippen MR) is 142 cm³/mol. The number of halogens is 1. The van der Waals surface area contributed by atoms with Crippen molar-refractivity contribution in [3.8, 4) is 5.75 Å². The number of nitrogens with one attached hydrogen (secondary N) is 1. The van der Waals surface area contributed by atoms with Crippen LogP contribution in [0.1, 0.15) is 38.8 Å². The molecule has 196 valence electrons. The third kappa shape index (κ3) is 5.51. The van der Waals surface area contributed by atoms with Crippen molar-refractivity contribution < 1.29 is 18.7 Å². The molecule has 1 amide bonds. The molecular formula is C27H27FN5O4P. The van der Waals surface area contributed by atoms with Gasteiger partial charge in [0.05, 0.1) is 56.3 Å². The van der Waals surface area contributed by atoms with Crippen LogP contribution in [0.2, 0.25) is 0 Å². The second-order valence-corrected chi connectivity index (χ2v) is 9.64. The standard InChI is InChI=1S/C27H27FN5O4P/c1-36-22-7-8-23(38)20(25(22)28)11-30-27(35)21-14-33(31-26(21)18-15-37-16-18)13-19-6-5-17(10-29-19)12-32-9-3-2-4-24(32)34/h2-10,14,18H,11-13,15-16,38H2,1H3,(H,30,35). The summed E-state index contributed by atoms with van der Waals surface area (Å²) in [7, 11) is 3.88. The number of methoxy groups -OCH3 is 1. The van der Waals surface area contributed by atoms with Crippen LogP contribution in [0, 0.1) is 5.82 Å². The molecule has 3 aromatic heterocycles. The maximum absolute atomic E-state index is 14.7. The summed E-state index contributed by atoms with van der Waals surface area (Å²) in [5.74, 6) is -0.714. The fourth-order valence-corrected chi connectivity index (χ4v) is 4.52. The maximum Gasteiger partial charge on any atom is 0.255 e. The van der Waals surface area contributed by atoms with Crippen LogP contribution in [0.3, 0.4) is 0 Å². The van der Waals surface area contributed by atoms with Crippen molar-refractivity contribution in [3.05, 3.63) is 105 Å². The number of amides is 1. The molecule has 1 N–H and O–H groups in total. The average molecular weight is 536 g/mol. The van der Waals surface area contributed by atoms with E-state index in [2.05, 4.69) is 24.6 Å². The number of rotatable bonds is 9. The number of nitrogens with zero attached hydrogens (tertiary/aromatic N) is 4. The first-order valence-corrected chi connectivity index (χ1v) is 12.6. The summed E-state index contributed by atoms with van der Waals surface area (Å²) < 4.78 is 28.4. The quantitative estimate of drug-likeness (QED) is 0.330. The highest BCUT2D eigenvalue weighted by atomic mass is 31.0. The van der Waals surface area contributed by atoms with Crippen molar-refractivity contribution in [1.29, 1.82) is 0 Å². The van der Waals surface area contributed by atoms with Gasteiger partial charge in [0, 0.05) is 36.8 Å². The molecule has 5 rings (SSSR count). The van der Waals surface area contributed by atoms with Crippen molar-refractivity contribution in [2.24, 2.45) is 0 Å². The Morgan fingerprint density at radius 1 is 1.21 bits per heavy atom. The van der Waals surface area contributed by atoms with Gasteiger partial charge in [-0.25, -0.2) is 4.39 Å². The summed E-state index contributed by atoms with van der Waals surface area (Å²) >= 11 is 0. The van der Waals surface area contributed by atoms with E-state index >= 15 is 0 Å². The number of benzene rings is 1. The largest absolute Gasteiger partial charge is 0.494 e. The number of pyridine rings is 2. The van der Waals surface area contributed by atoms with E-state index < -0.39 is 5.82 Å². The van der Waals surface area contributed by atoms with Gasteiger partial charge in [0.15, 0.2) is 11.6 Å². The number of hydrogen-bond donors (Lipinski definition) is 1. The van der Waals surface area contributed by atoms with E-state index in [0.29, 0.717) is 48.4 Å². The third-order valence-corrected chi connectivity index (χ3v) is 6.95. The topological polar surface area (TPSA) is 100 Å². The van der Waals surface area contributed by atoms with Crippen LogP contribution in [0.5, 0.6) is 5.75 Å². The summed E-state index contributed by atoms with van der Waals surface area (Å²) in [4.78, 5) is 29.6. The molecule has 38 heavy (non-hydrogen) atoms. The van der Waals surface area contributed by atoms with Gasteiger partial charge < -0.3 is 19.4 Å². The molecule has 1 unspecified atom stereocenters. The third-order valence-electron chi connectivity index (χ3n) is 6.41. The van der Waals surface area contributed by atoms with Gasteiger partial charge >= 0.3 is 0 Å². The van der Waals surface area contributed by atoms with Crippen LogP contribution in [0.25, 0.3) is 0 Å². The molecule has 1 saturated heterocycles. The van der Waals surface area contributed by atoms with Crippen LogP contribution >= 0.6 is 9.24 Å². The Labute approximate surface area is 220 Å². The number of ether oxygens (including phenoxy) is 2. The lowest BCUT2D eigenvalue weighted by molar-refractivity contribution is 0.00619. The minimum Gasteiger partial charge on any atom is -0.494 e. The Kier molecular flexibility index (Phi) is 7.62. The SMILES string of the molecule is COc1ccc(P)c(CNC(=O)c2cn(Cc3ccc(Cn4ccccc4=O)cn3)nc2C2COC2)c1F. The smallest absolute Gasteiger partial charge is 0.255 e. The molecule has 1 aliphatic rings. The van der Waals surface area contributed by atoms with E-state index in [-0.39, 0.29) is 29.7 Å². The van der Waals surface area contributed by atoms with Crippen molar-refractivity contribution in [1.82, 2.24) is 24.6 Å². The Morgan fingerprint density at radius 2 is 2.05 bits per heavy atom.